The highest BCUT2D eigenvalue weighted by atomic mass is 35.5. The minimum absolute atomic E-state index is 0.155. The van der Waals surface area contributed by atoms with Gasteiger partial charge < -0.3 is 9.88 Å². The van der Waals surface area contributed by atoms with E-state index in [-0.39, 0.29) is 17.3 Å². The van der Waals surface area contributed by atoms with E-state index in [1.54, 1.807) is 12.1 Å². The summed E-state index contributed by atoms with van der Waals surface area (Å²) < 4.78 is 29.3. The Hall–Kier alpha value is -2.35. The summed E-state index contributed by atoms with van der Waals surface area (Å²) in [6, 6.07) is 13.8. The fourth-order valence-corrected chi connectivity index (χ4v) is 5.43. The number of hydrogen-bond donors (Lipinski definition) is 1. The molecular formula is C21H22ClN3O3S. The molecule has 0 radical (unpaired) electrons. The number of halogens is 1. The third-order valence-electron chi connectivity index (χ3n) is 5.39. The number of carbonyl (C=O) groups is 1. The van der Waals surface area contributed by atoms with Gasteiger partial charge >= 0.3 is 0 Å². The summed E-state index contributed by atoms with van der Waals surface area (Å²) in [7, 11) is -1.71. The molecule has 1 N–H and O–H groups in total. The Labute approximate surface area is 175 Å². The number of rotatable bonds is 4. The first-order valence-electron chi connectivity index (χ1n) is 9.47. The predicted octanol–water partition coefficient (Wildman–Crippen LogP) is 3.87. The van der Waals surface area contributed by atoms with Crippen molar-refractivity contribution >= 4 is 44.1 Å². The smallest absolute Gasteiger partial charge is 0.243 e. The summed E-state index contributed by atoms with van der Waals surface area (Å²) in [6.45, 7) is 0.574. The van der Waals surface area contributed by atoms with Crippen LogP contribution in [0.15, 0.2) is 59.6 Å². The van der Waals surface area contributed by atoms with E-state index in [1.165, 1.54) is 16.4 Å². The van der Waals surface area contributed by atoms with Gasteiger partial charge in [-0.3, -0.25) is 4.79 Å². The second-order valence-corrected chi connectivity index (χ2v) is 9.68. The largest absolute Gasteiger partial charge is 0.350 e. The molecule has 3 aromatic rings. The van der Waals surface area contributed by atoms with E-state index < -0.39 is 15.9 Å². The second-order valence-electron chi connectivity index (χ2n) is 7.31. The van der Waals surface area contributed by atoms with Gasteiger partial charge in [0.15, 0.2) is 0 Å². The molecule has 29 heavy (non-hydrogen) atoms. The van der Waals surface area contributed by atoms with Gasteiger partial charge in [0.05, 0.1) is 16.5 Å². The van der Waals surface area contributed by atoms with E-state index in [2.05, 4.69) is 5.32 Å². The fourth-order valence-electron chi connectivity index (χ4n) is 3.78. The quantitative estimate of drug-likeness (QED) is 0.681. The number of aromatic nitrogens is 1. The Balaban J connectivity index is 1.52. The molecule has 1 aliphatic heterocycles. The first-order valence-corrected chi connectivity index (χ1v) is 11.3. The monoisotopic (exact) mass is 431 g/mol. The molecule has 1 saturated heterocycles. The van der Waals surface area contributed by atoms with Crippen LogP contribution in [0.1, 0.15) is 12.8 Å². The Bertz CT molecular complexity index is 1160. The van der Waals surface area contributed by atoms with E-state index in [0.717, 1.165) is 16.6 Å². The number of benzene rings is 2. The maximum absolute atomic E-state index is 13.0. The van der Waals surface area contributed by atoms with Gasteiger partial charge in [-0.15, -0.1) is 0 Å². The lowest BCUT2D eigenvalue weighted by Crippen LogP contribution is -2.43. The summed E-state index contributed by atoms with van der Waals surface area (Å²) in [5.74, 6) is -0.554. The molecule has 1 unspecified atom stereocenters. The summed E-state index contributed by atoms with van der Waals surface area (Å²) in [5.41, 5.74) is 1.77. The SMILES string of the molecule is Cn1ccc2c(NC(=O)C3CCCN(S(=O)(=O)c4ccc(Cl)cc4)C3)cccc21. The highest BCUT2D eigenvalue weighted by molar-refractivity contribution is 7.89. The second kappa shape index (κ2) is 7.82. The van der Waals surface area contributed by atoms with Crippen molar-refractivity contribution in [3.8, 4) is 0 Å². The molecule has 1 atom stereocenters. The molecule has 1 fully saturated rings. The van der Waals surface area contributed by atoms with Gasteiger partial charge in [0.2, 0.25) is 15.9 Å². The van der Waals surface area contributed by atoms with Crippen molar-refractivity contribution in [1.29, 1.82) is 0 Å². The number of nitrogens with zero attached hydrogens (tertiary/aromatic N) is 2. The molecule has 1 aromatic heterocycles. The zero-order valence-corrected chi connectivity index (χ0v) is 17.6. The Morgan fingerprint density at radius 1 is 1.14 bits per heavy atom. The van der Waals surface area contributed by atoms with Crippen molar-refractivity contribution in [1.82, 2.24) is 8.87 Å². The van der Waals surface area contributed by atoms with Gasteiger partial charge in [-0.05, 0) is 55.3 Å². The lowest BCUT2D eigenvalue weighted by Gasteiger charge is -2.31. The van der Waals surface area contributed by atoms with E-state index in [4.69, 9.17) is 11.6 Å². The predicted molar refractivity (Wildman–Crippen MR) is 114 cm³/mol. The molecule has 0 bridgehead atoms. The molecule has 8 heteroatoms. The summed E-state index contributed by atoms with van der Waals surface area (Å²) in [6.07, 6.45) is 3.24. The topological polar surface area (TPSA) is 71.4 Å². The van der Waals surface area contributed by atoms with Gasteiger partial charge in [0, 0.05) is 42.3 Å². The maximum Gasteiger partial charge on any atom is 0.243 e. The third-order valence-corrected chi connectivity index (χ3v) is 7.52. The molecule has 0 aliphatic carbocycles. The molecular weight excluding hydrogens is 410 g/mol. The number of carbonyl (C=O) groups excluding carboxylic acids is 1. The van der Waals surface area contributed by atoms with Crippen molar-refractivity contribution < 1.29 is 13.2 Å². The first-order chi connectivity index (χ1) is 13.9. The summed E-state index contributed by atoms with van der Waals surface area (Å²) >= 11 is 5.87. The molecule has 1 amide bonds. The molecule has 0 spiro atoms. The van der Waals surface area contributed by atoms with Crippen molar-refractivity contribution in [2.45, 2.75) is 17.7 Å². The summed E-state index contributed by atoms with van der Waals surface area (Å²) in [5, 5.41) is 4.44. The average Bonchev–Trinajstić information content (AvgIpc) is 3.10. The van der Waals surface area contributed by atoms with E-state index in [9.17, 15) is 13.2 Å². The molecule has 6 nitrogen and oxygen atoms in total. The van der Waals surface area contributed by atoms with Crippen molar-refractivity contribution in [2.24, 2.45) is 13.0 Å². The van der Waals surface area contributed by atoms with Gasteiger partial charge in [-0.2, -0.15) is 4.31 Å². The van der Waals surface area contributed by atoms with Crippen LogP contribution in [0.3, 0.4) is 0 Å². The van der Waals surface area contributed by atoms with Crippen LogP contribution in [-0.4, -0.2) is 36.3 Å². The number of aryl methyl sites for hydroxylation is 1. The number of hydrogen-bond acceptors (Lipinski definition) is 3. The summed E-state index contributed by atoms with van der Waals surface area (Å²) in [4.78, 5) is 13.1. The standard InChI is InChI=1S/C21H22ClN3O3S/c1-24-13-11-18-19(5-2-6-20(18)24)23-21(26)15-4-3-12-25(14-15)29(27,28)17-9-7-16(22)8-10-17/h2,5-11,13,15H,3-4,12,14H2,1H3,(H,23,26). The molecule has 1 aliphatic rings. The van der Waals surface area contributed by atoms with E-state index in [0.29, 0.717) is 24.4 Å². The lowest BCUT2D eigenvalue weighted by atomic mass is 9.98. The van der Waals surface area contributed by atoms with Crippen LogP contribution in [0.25, 0.3) is 10.9 Å². The molecule has 0 saturated carbocycles. The van der Waals surface area contributed by atoms with Crippen LogP contribution in [0.2, 0.25) is 5.02 Å². The highest BCUT2D eigenvalue weighted by Crippen LogP contribution is 2.28. The maximum atomic E-state index is 13.0. The highest BCUT2D eigenvalue weighted by Gasteiger charge is 2.33. The molecule has 2 aromatic carbocycles. The number of fused-ring (bicyclic) bond motifs is 1. The van der Waals surface area contributed by atoms with Crippen LogP contribution in [0.4, 0.5) is 5.69 Å². The van der Waals surface area contributed by atoms with Crippen molar-refractivity contribution in [3.05, 3.63) is 59.8 Å². The lowest BCUT2D eigenvalue weighted by molar-refractivity contribution is -0.120. The molecule has 4 rings (SSSR count). The zero-order valence-electron chi connectivity index (χ0n) is 16.0. The van der Waals surface area contributed by atoms with Gasteiger partial charge in [-0.25, -0.2) is 8.42 Å². The Morgan fingerprint density at radius 2 is 1.90 bits per heavy atom. The minimum atomic E-state index is -3.66. The van der Waals surface area contributed by atoms with Crippen LogP contribution >= 0.6 is 11.6 Å². The zero-order chi connectivity index (χ0) is 20.6. The number of nitrogens with one attached hydrogen (secondary N) is 1. The van der Waals surface area contributed by atoms with Crippen LogP contribution in [0, 0.1) is 5.92 Å². The molecule has 2 heterocycles. The first kappa shape index (κ1) is 19.9. The van der Waals surface area contributed by atoms with Gasteiger partial charge in [0.1, 0.15) is 0 Å². The minimum Gasteiger partial charge on any atom is -0.350 e. The van der Waals surface area contributed by atoms with Crippen LogP contribution < -0.4 is 5.32 Å². The van der Waals surface area contributed by atoms with Gasteiger partial charge in [-0.1, -0.05) is 17.7 Å². The number of anilines is 1. The Kier molecular flexibility index (Phi) is 5.38. The van der Waals surface area contributed by atoms with Crippen molar-refractivity contribution in [3.63, 3.8) is 0 Å². The number of sulfonamides is 1. The third kappa shape index (κ3) is 3.90. The Morgan fingerprint density at radius 3 is 2.66 bits per heavy atom. The van der Waals surface area contributed by atoms with Crippen molar-refractivity contribution in [2.75, 3.05) is 18.4 Å². The van der Waals surface area contributed by atoms with Gasteiger partial charge in [0.25, 0.3) is 0 Å². The normalized spacial score (nSPS) is 18.1. The van der Waals surface area contributed by atoms with E-state index >= 15 is 0 Å². The molecule has 152 valence electrons. The van der Waals surface area contributed by atoms with Crippen LogP contribution in [0.5, 0.6) is 0 Å². The number of piperidine rings is 1. The van der Waals surface area contributed by atoms with E-state index in [1.807, 2.05) is 42.1 Å². The van der Waals surface area contributed by atoms with Crippen LogP contribution in [-0.2, 0) is 21.9 Å². The number of amides is 1. The fraction of sp³-hybridized carbons (Fsp3) is 0.286. The average molecular weight is 432 g/mol.